The molecule has 0 unspecified atom stereocenters. The van der Waals surface area contributed by atoms with Gasteiger partial charge in [0.1, 0.15) is 0 Å². The fourth-order valence-corrected chi connectivity index (χ4v) is 4.05. The summed E-state index contributed by atoms with van der Waals surface area (Å²) in [5, 5.41) is 20.6. The van der Waals surface area contributed by atoms with Gasteiger partial charge in [-0.05, 0) is 22.9 Å². The van der Waals surface area contributed by atoms with Crippen LogP contribution in [0.25, 0.3) is 38.3 Å². The number of nitrogens with one attached hydrogen (secondary N) is 2. The molecule has 0 aliphatic carbocycles. The Morgan fingerprint density at radius 2 is 1.26 bits per heavy atom. The zero-order valence-corrected chi connectivity index (χ0v) is 14.6. The minimum absolute atomic E-state index is 0.798. The fraction of sp³-hybridized carbons (Fsp3) is 0. The lowest BCUT2D eigenvalue weighted by atomic mass is 10.0. The van der Waals surface area contributed by atoms with Crippen LogP contribution in [0.1, 0.15) is 11.1 Å². The SMILES string of the molecule is N=Cc1cccc(C=N)c1-n1c2ccccc2c2c3ccccc3ccc21. The van der Waals surface area contributed by atoms with Gasteiger partial charge < -0.3 is 15.4 Å². The molecule has 0 radical (unpaired) electrons. The third-order valence-electron chi connectivity index (χ3n) is 5.20. The van der Waals surface area contributed by atoms with Gasteiger partial charge in [0.15, 0.2) is 0 Å². The second-order valence-corrected chi connectivity index (χ2v) is 6.61. The molecule has 3 heteroatoms. The minimum Gasteiger partial charge on any atom is -0.308 e. The van der Waals surface area contributed by atoms with E-state index < -0.39 is 0 Å². The van der Waals surface area contributed by atoms with Crippen molar-refractivity contribution in [3.05, 3.63) is 90.0 Å². The van der Waals surface area contributed by atoms with Gasteiger partial charge in [0.05, 0.1) is 16.7 Å². The third kappa shape index (κ3) is 2.15. The number of fused-ring (bicyclic) bond motifs is 5. The molecule has 2 N–H and O–H groups in total. The smallest absolute Gasteiger partial charge is 0.0637 e. The van der Waals surface area contributed by atoms with Crippen LogP contribution in [-0.4, -0.2) is 17.0 Å². The largest absolute Gasteiger partial charge is 0.308 e. The van der Waals surface area contributed by atoms with E-state index in [0.717, 1.165) is 27.8 Å². The fourth-order valence-electron chi connectivity index (χ4n) is 4.05. The predicted molar refractivity (Wildman–Crippen MR) is 114 cm³/mol. The van der Waals surface area contributed by atoms with Gasteiger partial charge in [-0.25, -0.2) is 0 Å². The molecule has 0 aliphatic heterocycles. The van der Waals surface area contributed by atoms with E-state index in [1.807, 2.05) is 24.3 Å². The van der Waals surface area contributed by atoms with Gasteiger partial charge >= 0.3 is 0 Å². The summed E-state index contributed by atoms with van der Waals surface area (Å²) < 4.78 is 2.19. The first-order valence-electron chi connectivity index (χ1n) is 8.88. The zero-order chi connectivity index (χ0) is 18.4. The molecule has 0 amide bonds. The number of benzene rings is 4. The summed E-state index contributed by atoms with van der Waals surface area (Å²) in [6.45, 7) is 0. The highest BCUT2D eigenvalue weighted by Crippen LogP contribution is 2.37. The molecule has 0 aliphatic rings. The van der Waals surface area contributed by atoms with Crippen molar-refractivity contribution in [1.82, 2.24) is 4.57 Å². The van der Waals surface area contributed by atoms with E-state index in [0.29, 0.717) is 0 Å². The van der Waals surface area contributed by atoms with Crippen LogP contribution in [0.3, 0.4) is 0 Å². The number of hydrogen-bond donors (Lipinski definition) is 2. The van der Waals surface area contributed by atoms with Gasteiger partial charge in [0, 0.05) is 34.3 Å². The van der Waals surface area contributed by atoms with Crippen molar-refractivity contribution >= 4 is 45.0 Å². The van der Waals surface area contributed by atoms with E-state index in [4.69, 9.17) is 10.8 Å². The molecule has 0 fully saturated rings. The number of nitrogens with zero attached hydrogens (tertiary/aromatic N) is 1. The molecule has 4 aromatic carbocycles. The van der Waals surface area contributed by atoms with E-state index >= 15 is 0 Å². The quantitative estimate of drug-likeness (QED) is 0.380. The van der Waals surface area contributed by atoms with Crippen molar-refractivity contribution in [3.8, 4) is 5.69 Å². The third-order valence-corrected chi connectivity index (χ3v) is 5.20. The lowest BCUT2D eigenvalue weighted by Crippen LogP contribution is -2.03. The van der Waals surface area contributed by atoms with Gasteiger partial charge in [-0.15, -0.1) is 0 Å². The molecule has 5 aromatic rings. The second-order valence-electron chi connectivity index (χ2n) is 6.61. The van der Waals surface area contributed by atoms with Crippen molar-refractivity contribution in [1.29, 1.82) is 10.8 Å². The molecule has 0 saturated heterocycles. The normalized spacial score (nSPS) is 11.3. The van der Waals surface area contributed by atoms with E-state index in [1.54, 1.807) is 0 Å². The minimum atomic E-state index is 0.798. The van der Waals surface area contributed by atoms with Crippen molar-refractivity contribution in [2.45, 2.75) is 0 Å². The number of rotatable bonds is 3. The van der Waals surface area contributed by atoms with Gasteiger partial charge in [0.25, 0.3) is 0 Å². The Balaban J connectivity index is 2.07. The van der Waals surface area contributed by atoms with Crippen molar-refractivity contribution in [2.75, 3.05) is 0 Å². The summed E-state index contributed by atoms with van der Waals surface area (Å²) in [4.78, 5) is 0. The summed E-state index contributed by atoms with van der Waals surface area (Å²) in [6, 6.07) is 26.8. The van der Waals surface area contributed by atoms with Gasteiger partial charge in [-0.3, -0.25) is 0 Å². The molecule has 5 rings (SSSR count). The molecular formula is C24H17N3. The van der Waals surface area contributed by atoms with Crippen LogP contribution in [0.5, 0.6) is 0 Å². The van der Waals surface area contributed by atoms with E-state index in [-0.39, 0.29) is 0 Å². The Kier molecular flexibility index (Phi) is 3.41. The van der Waals surface area contributed by atoms with Crippen LogP contribution < -0.4 is 0 Å². The number of para-hydroxylation sites is 2. The lowest BCUT2D eigenvalue weighted by molar-refractivity contribution is 1.17. The molecule has 128 valence electrons. The molecular weight excluding hydrogens is 330 g/mol. The van der Waals surface area contributed by atoms with Crippen LogP contribution >= 0.6 is 0 Å². The molecule has 1 aromatic heterocycles. The summed E-state index contributed by atoms with van der Waals surface area (Å²) in [6.07, 6.45) is 2.73. The van der Waals surface area contributed by atoms with E-state index in [1.165, 1.54) is 34.0 Å². The highest BCUT2D eigenvalue weighted by Gasteiger charge is 2.17. The molecule has 0 atom stereocenters. The Labute approximate surface area is 156 Å². The zero-order valence-electron chi connectivity index (χ0n) is 14.6. The Morgan fingerprint density at radius 3 is 2.00 bits per heavy atom. The highest BCUT2D eigenvalue weighted by atomic mass is 15.0. The summed E-state index contributed by atoms with van der Waals surface area (Å²) in [7, 11) is 0. The van der Waals surface area contributed by atoms with Crippen LogP contribution in [0.2, 0.25) is 0 Å². The van der Waals surface area contributed by atoms with E-state index in [9.17, 15) is 0 Å². The average Bonchev–Trinajstić information content (AvgIpc) is 3.07. The van der Waals surface area contributed by atoms with Crippen LogP contribution in [0.4, 0.5) is 0 Å². The molecule has 0 bridgehead atoms. The maximum Gasteiger partial charge on any atom is 0.0637 e. The highest BCUT2D eigenvalue weighted by molar-refractivity contribution is 6.21. The topological polar surface area (TPSA) is 52.6 Å². The standard InChI is InChI=1S/C24H17N3/c25-14-17-7-5-8-18(15-26)24(17)27-21-11-4-3-10-20(21)23-19-9-2-1-6-16(19)12-13-22(23)27/h1-15,25-26H. The first kappa shape index (κ1) is 15.5. The molecule has 27 heavy (non-hydrogen) atoms. The number of hydrogen-bond acceptors (Lipinski definition) is 2. The number of aromatic nitrogens is 1. The first-order chi connectivity index (χ1) is 13.3. The lowest BCUT2D eigenvalue weighted by Gasteiger charge is -2.14. The molecule has 0 saturated carbocycles. The maximum absolute atomic E-state index is 7.89. The summed E-state index contributed by atoms with van der Waals surface area (Å²) in [5.41, 5.74) is 4.65. The second kappa shape index (κ2) is 5.92. The predicted octanol–water partition coefficient (Wildman–Crippen LogP) is 5.93. The van der Waals surface area contributed by atoms with E-state index in [2.05, 4.69) is 59.2 Å². The van der Waals surface area contributed by atoms with Crippen LogP contribution in [0, 0.1) is 10.8 Å². The van der Waals surface area contributed by atoms with Gasteiger partial charge in [0.2, 0.25) is 0 Å². The Bertz CT molecular complexity index is 1330. The molecule has 3 nitrogen and oxygen atoms in total. The first-order valence-corrected chi connectivity index (χ1v) is 8.88. The van der Waals surface area contributed by atoms with Crippen LogP contribution in [-0.2, 0) is 0 Å². The maximum atomic E-state index is 7.89. The summed E-state index contributed by atoms with van der Waals surface area (Å²) in [5.74, 6) is 0. The summed E-state index contributed by atoms with van der Waals surface area (Å²) >= 11 is 0. The Morgan fingerprint density at radius 1 is 0.593 bits per heavy atom. The van der Waals surface area contributed by atoms with Crippen molar-refractivity contribution < 1.29 is 0 Å². The van der Waals surface area contributed by atoms with Gasteiger partial charge in [-0.2, -0.15) is 0 Å². The molecule has 1 heterocycles. The van der Waals surface area contributed by atoms with Crippen molar-refractivity contribution in [2.24, 2.45) is 0 Å². The molecule has 0 spiro atoms. The van der Waals surface area contributed by atoms with Gasteiger partial charge in [-0.1, -0.05) is 66.7 Å². The Hall–Kier alpha value is -3.72. The van der Waals surface area contributed by atoms with Crippen molar-refractivity contribution in [3.63, 3.8) is 0 Å². The van der Waals surface area contributed by atoms with Crippen LogP contribution in [0.15, 0.2) is 78.9 Å². The monoisotopic (exact) mass is 347 g/mol. The average molecular weight is 347 g/mol.